The van der Waals surface area contributed by atoms with Gasteiger partial charge in [0, 0.05) is 10.5 Å². The van der Waals surface area contributed by atoms with Crippen LogP contribution in [0.2, 0.25) is 0 Å². The molecule has 0 radical (unpaired) electrons. The zero-order valence-corrected chi connectivity index (χ0v) is 16.3. The molecule has 0 fully saturated rings. The van der Waals surface area contributed by atoms with Gasteiger partial charge in [-0.15, -0.1) is 0 Å². The number of nitrogens with zero attached hydrogens (tertiary/aromatic N) is 2. The number of amides is 1. The number of hydrogen-bond donors (Lipinski definition) is 0. The Labute approximate surface area is 167 Å². The van der Waals surface area contributed by atoms with Crippen LogP contribution in [0.1, 0.15) is 33.5 Å². The Morgan fingerprint density at radius 1 is 1.07 bits per heavy atom. The molecular weight excluding hydrogens is 424 g/mol. The zero-order valence-electron chi connectivity index (χ0n) is 14.7. The van der Waals surface area contributed by atoms with Crippen molar-refractivity contribution in [3.63, 3.8) is 0 Å². The van der Waals surface area contributed by atoms with Crippen molar-refractivity contribution in [2.24, 2.45) is 0 Å². The maximum atomic E-state index is 13.4. The van der Waals surface area contributed by atoms with Gasteiger partial charge >= 0.3 is 0 Å². The third-order valence-electron chi connectivity index (χ3n) is 4.81. The van der Waals surface area contributed by atoms with Gasteiger partial charge < -0.3 is 8.94 Å². The van der Waals surface area contributed by atoms with Crippen LogP contribution in [0, 0.1) is 6.92 Å². The van der Waals surface area contributed by atoms with Crippen LogP contribution in [0.3, 0.4) is 0 Å². The molecule has 0 unspecified atom stereocenters. The molecular formula is C21H13BrN2O4. The van der Waals surface area contributed by atoms with Crippen molar-refractivity contribution in [2.45, 2.75) is 13.0 Å². The van der Waals surface area contributed by atoms with E-state index >= 15 is 0 Å². The molecule has 0 saturated carbocycles. The number of carbonyl (C=O) groups excluding carboxylic acids is 1. The lowest BCUT2D eigenvalue weighted by Crippen LogP contribution is -2.29. The SMILES string of the molecule is Cc1cc(N2C(=O)c3oc4ccc(Br)cc4c(=O)c3[C@@H]2c2ccccc2)no1. The Balaban J connectivity index is 1.84. The average molecular weight is 437 g/mol. The predicted octanol–water partition coefficient (Wildman–Crippen LogP) is 4.60. The summed E-state index contributed by atoms with van der Waals surface area (Å²) in [6, 6.07) is 15.5. The van der Waals surface area contributed by atoms with Gasteiger partial charge in [-0.1, -0.05) is 51.4 Å². The van der Waals surface area contributed by atoms with Crippen LogP contribution in [0.25, 0.3) is 11.0 Å². The molecule has 0 spiro atoms. The van der Waals surface area contributed by atoms with Crippen molar-refractivity contribution in [1.82, 2.24) is 5.16 Å². The number of rotatable bonds is 2. The molecule has 5 rings (SSSR count). The highest BCUT2D eigenvalue weighted by molar-refractivity contribution is 9.10. The topological polar surface area (TPSA) is 76.6 Å². The molecule has 0 saturated heterocycles. The van der Waals surface area contributed by atoms with Crippen molar-refractivity contribution in [2.75, 3.05) is 4.90 Å². The van der Waals surface area contributed by atoms with E-state index in [2.05, 4.69) is 21.1 Å². The fourth-order valence-electron chi connectivity index (χ4n) is 3.60. The summed E-state index contributed by atoms with van der Waals surface area (Å²) in [7, 11) is 0. The van der Waals surface area contributed by atoms with E-state index in [1.807, 2.05) is 30.3 Å². The largest absolute Gasteiger partial charge is 0.450 e. The Hall–Kier alpha value is -3.19. The molecule has 7 heteroatoms. The number of aromatic nitrogens is 1. The van der Waals surface area contributed by atoms with Gasteiger partial charge in [-0.05, 0) is 30.7 Å². The van der Waals surface area contributed by atoms with Gasteiger partial charge in [0.25, 0.3) is 5.91 Å². The predicted molar refractivity (Wildman–Crippen MR) is 107 cm³/mol. The molecule has 1 atom stereocenters. The second-order valence-electron chi connectivity index (χ2n) is 6.60. The van der Waals surface area contributed by atoms with E-state index in [4.69, 9.17) is 8.94 Å². The van der Waals surface area contributed by atoms with Gasteiger partial charge in [0.2, 0.25) is 5.76 Å². The molecule has 138 valence electrons. The molecule has 6 nitrogen and oxygen atoms in total. The van der Waals surface area contributed by atoms with Crippen LogP contribution in [-0.4, -0.2) is 11.1 Å². The summed E-state index contributed by atoms with van der Waals surface area (Å²) < 4.78 is 11.8. The van der Waals surface area contributed by atoms with E-state index in [-0.39, 0.29) is 11.2 Å². The third-order valence-corrected chi connectivity index (χ3v) is 5.30. The van der Waals surface area contributed by atoms with E-state index in [1.165, 1.54) is 4.90 Å². The van der Waals surface area contributed by atoms with E-state index in [0.29, 0.717) is 28.1 Å². The van der Waals surface area contributed by atoms with Crippen LogP contribution in [-0.2, 0) is 0 Å². The number of anilines is 1. The standard InChI is InChI=1S/C21H13BrN2O4/c1-11-9-16(23-28-11)24-18(12-5-3-2-4-6-12)17-19(25)14-10-13(22)7-8-15(14)27-20(17)21(24)26/h2-10,18H,1H3/t18-/m0/s1. The third kappa shape index (κ3) is 2.43. The normalized spacial score (nSPS) is 16.0. The minimum atomic E-state index is -0.646. The zero-order chi connectivity index (χ0) is 19.4. The number of carbonyl (C=O) groups is 1. The first-order chi connectivity index (χ1) is 13.5. The Kier molecular flexibility index (Phi) is 3.73. The van der Waals surface area contributed by atoms with Gasteiger partial charge in [-0.2, -0.15) is 0 Å². The van der Waals surface area contributed by atoms with Crippen LogP contribution in [0.5, 0.6) is 0 Å². The molecule has 2 aromatic heterocycles. The van der Waals surface area contributed by atoms with Crippen molar-refractivity contribution >= 4 is 38.6 Å². The highest BCUT2D eigenvalue weighted by Crippen LogP contribution is 2.40. The maximum absolute atomic E-state index is 13.4. The van der Waals surface area contributed by atoms with Crippen molar-refractivity contribution in [3.05, 3.63) is 91.9 Å². The summed E-state index contributed by atoms with van der Waals surface area (Å²) in [5.74, 6) is 0.528. The average Bonchev–Trinajstić information content (AvgIpc) is 3.24. The first-order valence-electron chi connectivity index (χ1n) is 8.62. The molecule has 0 N–H and O–H groups in total. The fraction of sp³-hybridized carbons (Fsp3) is 0.0952. The van der Waals surface area contributed by atoms with Gasteiger partial charge in [0.15, 0.2) is 11.2 Å². The van der Waals surface area contributed by atoms with Crippen LogP contribution < -0.4 is 10.3 Å². The molecule has 0 aliphatic carbocycles. The van der Waals surface area contributed by atoms with Gasteiger partial charge in [0.1, 0.15) is 11.3 Å². The minimum absolute atomic E-state index is 0.0364. The van der Waals surface area contributed by atoms with Crippen LogP contribution in [0.4, 0.5) is 5.82 Å². The fourth-order valence-corrected chi connectivity index (χ4v) is 3.96. The quantitative estimate of drug-likeness (QED) is 0.458. The molecule has 28 heavy (non-hydrogen) atoms. The molecule has 0 bridgehead atoms. The van der Waals surface area contributed by atoms with Crippen molar-refractivity contribution in [1.29, 1.82) is 0 Å². The second kappa shape index (κ2) is 6.17. The number of halogens is 1. The number of benzene rings is 2. The molecule has 3 heterocycles. The summed E-state index contributed by atoms with van der Waals surface area (Å²) >= 11 is 3.39. The van der Waals surface area contributed by atoms with Gasteiger partial charge in [0.05, 0.1) is 17.0 Å². The van der Waals surface area contributed by atoms with E-state index in [0.717, 1.165) is 10.0 Å². The van der Waals surface area contributed by atoms with E-state index in [1.54, 1.807) is 31.2 Å². The number of hydrogen-bond acceptors (Lipinski definition) is 5. The van der Waals surface area contributed by atoms with Crippen LogP contribution >= 0.6 is 15.9 Å². The summed E-state index contributed by atoms with van der Waals surface area (Å²) in [4.78, 5) is 28.1. The first-order valence-corrected chi connectivity index (χ1v) is 9.42. The lowest BCUT2D eigenvalue weighted by molar-refractivity contribution is 0.0969. The van der Waals surface area contributed by atoms with Gasteiger partial charge in [-0.3, -0.25) is 14.5 Å². The summed E-state index contributed by atoms with van der Waals surface area (Å²) in [5.41, 5.74) is 1.23. The Morgan fingerprint density at radius 3 is 2.57 bits per heavy atom. The highest BCUT2D eigenvalue weighted by Gasteiger charge is 2.44. The molecule has 4 aromatic rings. The lowest BCUT2D eigenvalue weighted by Gasteiger charge is -2.22. The highest BCUT2D eigenvalue weighted by atomic mass is 79.9. The second-order valence-corrected chi connectivity index (χ2v) is 7.51. The van der Waals surface area contributed by atoms with Crippen LogP contribution in [0.15, 0.2) is 72.8 Å². The van der Waals surface area contributed by atoms with Crippen molar-refractivity contribution < 1.29 is 13.7 Å². The van der Waals surface area contributed by atoms with Crippen molar-refractivity contribution in [3.8, 4) is 0 Å². The number of aryl methyl sites for hydroxylation is 1. The lowest BCUT2D eigenvalue weighted by atomic mass is 9.98. The van der Waals surface area contributed by atoms with Gasteiger partial charge in [-0.25, -0.2) is 0 Å². The maximum Gasteiger partial charge on any atom is 0.296 e. The summed E-state index contributed by atoms with van der Waals surface area (Å²) in [6.45, 7) is 1.75. The molecule has 2 aromatic carbocycles. The summed E-state index contributed by atoms with van der Waals surface area (Å²) in [6.07, 6.45) is 0. The Bertz CT molecular complexity index is 1290. The van der Waals surface area contributed by atoms with E-state index < -0.39 is 11.9 Å². The molecule has 1 aliphatic rings. The number of fused-ring (bicyclic) bond motifs is 2. The monoisotopic (exact) mass is 436 g/mol. The smallest absolute Gasteiger partial charge is 0.296 e. The van der Waals surface area contributed by atoms with E-state index in [9.17, 15) is 9.59 Å². The minimum Gasteiger partial charge on any atom is -0.450 e. The first kappa shape index (κ1) is 16.9. The molecule has 1 amide bonds. The Morgan fingerprint density at radius 2 is 1.86 bits per heavy atom. The summed E-state index contributed by atoms with van der Waals surface area (Å²) in [5, 5.41) is 4.42. The molecule has 1 aliphatic heterocycles.